The smallest absolute Gasteiger partial charge is 0.252 e. The van der Waals surface area contributed by atoms with E-state index in [4.69, 9.17) is 4.98 Å². The number of nitrogens with zero attached hydrogens (tertiary/aromatic N) is 5. The molecule has 0 aliphatic carbocycles. The van der Waals surface area contributed by atoms with E-state index < -0.39 is 0 Å². The lowest BCUT2D eigenvalue weighted by molar-refractivity contribution is 0.0954. The Bertz CT molecular complexity index is 1190. The van der Waals surface area contributed by atoms with Crippen molar-refractivity contribution in [3.63, 3.8) is 0 Å². The highest BCUT2D eigenvalue weighted by Crippen LogP contribution is 2.30. The molecule has 4 aromatic heterocycles. The van der Waals surface area contributed by atoms with E-state index in [-0.39, 0.29) is 11.9 Å². The lowest BCUT2D eigenvalue weighted by Gasteiger charge is -2.10. The molecule has 0 aliphatic rings. The summed E-state index contributed by atoms with van der Waals surface area (Å²) in [6.07, 6.45) is 6.40. The van der Waals surface area contributed by atoms with Crippen LogP contribution in [0.3, 0.4) is 0 Å². The molecule has 0 aromatic carbocycles. The van der Waals surface area contributed by atoms with Gasteiger partial charge in [0.1, 0.15) is 0 Å². The van der Waals surface area contributed by atoms with Crippen LogP contribution in [0.2, 0.25) is 0 Å². The Balaban J connectivity index is 1.59. The summed E-state index contributed by atoms with van der Waals surface area (Å²) in [5.74, 6) is -0.100. The van der Waals surface area contributed by atoms with E-state index in [9.17, 15) is 4.79 Å². The predicted octanol–water partition coefficient (Wildman–Crippen LogP) is 4.37. The van der Waals surface area contributed by atoms with Crippen molar-refractivity contribution in [3.05, 3.63) is 52.8 Å². The van der Waals surface area contributed by atoms with Crippen LogP contribution in [0, 0.1) is 13.8 Å². The van der Waals surface area contributed by atoms with Crippen LogP contribution in [-0.2, 0) is 6.54 Å². The summed E-state index contributed by atoms with van der Waals surface area (Å²) in [6.45, 7) is 9.56. The fourth-order valence-electron chi connectivity index (χ4n) is 3.41. The van der Waals surface area contributed by atoms with E-state index in [1.807, 2.05) is 34.7 Å². The van der Waals surface area contributed by atoms with Gasteiger partial charge in [-0.05, 0) is 57.9 Å². The van der Waals surface area contributed by atoms with Gasteiger partial charge in [0.2, 0.25) is 0 Å². The molecule has 4 aromatic rings. The van der Waals surface area contributed by atoms with E-state index in [0.29, 0.717) is 12.1 Å². The first-order valence-electron chi connectivity index (χ1n) is 10.1. The van der Waals surface area contributed by atoms with Crippen LogP contribution in [0.15, 0.2) is 36.8 Å². The molecule has 0 saturated carbocycles. The number of aromatic nitrogens is 5. The molecule has 4 rings (SSSR count). The van der Waals surface area contributed by atoms with Gasteiger partial charge in [0.15, 0.2) is 5.65 Å². The van der Waals surface area contributed by atoms with Crippen LogP contribution in [0.5, 0.6) is 0 Å². The van der Waals surface area contributed by atoms with Gasteiger partial charge < -0.3 is 5.32 Å². The van der Waals surface area contributed by atoms with Gasteiger partial charge in [0, 0.05) is 30.2 Å². The van der Waals surface area contributed by atoms with E-state index in [1.54, 1.807) is 17.5 Å². The molecular weight excluding hydrogens is 396 g/mol. The summed E-state index contributed by atoms with van der Waals surface area (Å²) in [7, 11) is 0. The number of carbonyl (C=O) groups is 1. The lowest BCUT2D eigenvalue weighted by Crippen LogP contribution is -2.25. The molecule has 1 N–H and O–H groups in total. The molecule has 30 heavy (non-hydrogen) atoms. The number of pyridine rings is 1. The van der Waals surface area contributed by atoms with E-state index in [0.717, 1.165) is 40.1 Å². The number of nitrogens with one attached hydrogen (secondary N) is 1. The molecule has 8 heteroatoms. The van der Waals surface area contributed by atoms with Gasteiger partial charge in [0.25, 0.3) is 5.91 Å². The Morgan fingerprint density at radius 2 is 2.03 bits per heavy atom. The Labute approximate surface area is 179 Å². The van der Waals surface area contributed by atoms with Crippen molar-refractivity contribution in [2.75, 3.05) is 6.54 Å². The van der Waals surface area contributed by atoms with Gasteiger partial charge in [-0.25, -0.2) is 9.67 Å². The quantitative estimate of drug-likeness (QED) is 0.449. The second kappa shape index (κ2) is 8.39. The molecule has 0 spiro atoms. The Morgan fingerprint density at radius 1 is 1.20 bits per heavy atom. The van der Waals surface area contributed by atoms with Crippen LogP contribution < -0.4 is 5.32 Å². The minimum absolute atomic E-state index is 0.100. The Hall–Kier alpha value is -3.00. The fourth-order valence-corrected chi connectivity index (χ4v) is 4.24. The Kier molecular flexibility index (Phi) is 5.67. The van der Waals surface area contributed by atoms with Gasteiger partial charge in [-0.1, -0.05) is 0 Å². The molecule has 1 amide bonds. The first kappa shape index (κ1) is 20.3. The number of rotatable bonds is 7. The van der Waals surface area contributed by atoms with Crippen molar-refractivity contribution in [1.29, 1.82) is 0 Å². The molecule has 0 atom stereocenters. The number of thiophene rings is 1. The van der Waals surface area contributed by atoms with E-state index in [1.165, 1.54) is 4.88 Å². The monoisotopic (exact) mass is 422 g/mol. The summed E-state index contributed by atoms with van der Waals surface area (Å²) in [5.41, 5.74) is 3.30. The molecule has 156 valence electrons. The van der Waals surface area contributed by atoms with Gasteiger partial charge in [-0.3, -0.25) is 9.48 Å². The lowest BCUT2D eigenvalue weighted by atomic mass is 10.1. The maximum atomic E-state index is 13.0. The zero-order valence-corrected chi connectivity index (χ0v) is 18.5. The van der Waals surface area contributed by atoms with Crippen LogP contribution >= 0.6 is 11.3 Å². The van der Waals surface area contributed by atoms with E-state index in [2.05, 4.69) is 48.4 Å². The third-order valence-corrected chi connectivity index (χ3v) is 5.93. The summed E-state index contributed by atoms with van der Waals surface area (Å²) in [4.78, 5) is 20.1. The SMILES string of the molecule is Cc1cnn(CCCNC(=O)c2cc(-c3ccc(C)s3)nc3c2cnn3C(C)C)c1. The second-order valence-corrected chi connectivity index (χ2v) is 9.06. The molecule has 7 nitrogen and oxygen atoms in total. The molecule has 0 fully saturated rings. The molecule has 0 bridgehead atoms. The number of amides is 1. The zero-order valence-electron chi connectivity index (χ0n) is 17.7. The van der Waals surface area contributed by atoms with Crippen molar-refractivity contribution >= 4 is 28.3 Å². The van der Waals surface area contributed by atoms with Crippen molar-refractivity contribution < 1.29 is 4.79 Å². The van der Waals surface area contributed by atoms with Crippen molar-refractivity contribution in [2.45, 2.75) is 46.7 Å². The molecule has 0 saturated heterocycles. The highest BCUT2D eigenvalue weighted by atomic mass is 32.1. The fraction of sp³-hybridized carbons (Fsp3) is 0.364. The van der Waals surface area contributed by atoms with Gasteiger partial charge >= 0.3 is 0 Å². The number of aryl methyl sites for hydroxylation is 3. The average Bonchev–Trinajstić information content (AvgIpc) is 3.43. The maximum absolute atomic E-state index is 13.0. The number of hydrogen-bond donors (Lipinski definition) is 1. The standard InChI is InChI=1S/C22H26N6OS/c1-14(2)28-21-18(12-25-28)17(10-19(26-21)20-7-6-16(4)30-20)22(29)23-8-5-9-27-13-15(3)11-24-27/h6-7,10-14H,5,8-9H2,1-4H3,(H,23,29). The number of carbonyl (C=O) groups excluding carboxylic acids is 1. The molecule has 0 radical (unpaired) electrons. The van der Waals surface area contributed by atoms with Crippen molar-refractivity contribution in [2.24, 2.45) is 0 Å². The highest BCUT2D eigenvalue weighted by molar-refractivity contribution is 7.15. The Morgan fingerprint density at radius 3 is 2.70 bits per heavy atom. The molecule has 4 heterocycles. The van der Waals surface area contributed by atoms with Crippen molar-refractivity contribution in [3.8, 4) is 10.6 Å². The highest BCUT2D eigenvalue weighted by Gasteiger charge is 2.19. The van der Waals surface area contributed by atoms with E-state index >= 15 is 0 Å². The first-order valence-corrected chi connectivity index (χ1v) is 11.0. The predicted molar refractivity (Wildman–Crippen MR) is 120 cm³/mol. The van der Waals surface area contributed by atoms with Gasteiger partial charge in [-0.2, -0.15) is 10.2 Å². The van der Waals surface area contributed by atoms with Crippen LogP contribution in [0.4, 0.5) is 0 Å². The number of hydrogen-bond acceptors (Lipinski definition) is 5. The summed E-state index contributed by atoms with van der Waals surface area (Å²) >= 11 is 1.67. The number of fused-ring (bicyclic) bond motifs is 1. The molecule has 0 aliphatic heterocycles. The molecule has 0 unspecified atom stereocenters. The second-order valence-electron chi connectivity index (χ2n) is 7.78. The topological polar surface area (TPSA) is 77.6 Å². The maximum Gasteiger partial charge on any atom is 0.252 e. The summed E-state index contributed by atoms with van der Waals surface area (Å²) in [6, 6.07) is 6.16. The third kappa shape index (κ3) is 4.14. The minimum atomic E-state index is -0.100. The van der Waals surface area contributed by atoms with Crippen LogP contribution in [0.1, 0.15) is 47.1 Å². The third-order valence-electron chi connectivity index (χ3n) is 4.91. The van der Waals surface area contributed by atoms with Crippen LogP contribution in [0.25, 0.3) is 21.6 Å². The van der Waals surface area contributed by atoms with Crippen LogP contribution in [-0.4, -0.2) is 37.0 Å². The van der Waals surface area contributed by atoms with Gasteiger partial charge in [0.05, 0.1) is 33.9 Å². The van der Waals surface area contributed by atoms with Gasteiger partial charge in [-0.15, -0.1) is 11.3 Å². The largest absolute Gasteiger partial charge is 0.352 e. The summed E-state index contributed by atoms with van der Waals surface area (Å²) < 4.78 is 3.77. The van der Waals surface area contributed by atoms with Crippen molar-refractivity contribution in [1.82, 2.24) is 29.9 Å². The normalized spacial score (nSPS) is 11.5. The first-order chi connectivity index (χ1) is 14.4. The average molecular weight is 423 g/mol. The zero-order chi connectivity index (χ0) is 21.3. The molecular formula is C22H26N6OS. The summed E-state index contributed by atoms with van der Waals surface area (Å²) in [5, 5.41) is 12.6. The minimum Gasteiger partial charge on any atom is -0.352 e.